The molecule has 0 bridgehead atoms. The lowest BCUT2D eigenvalue weighted by Gasteiger charge is -2.07. The number of aryl methyl sites for hydroxylation is 2. The van der Waals surface area contributed by atoms with E-state index in [9.17, 15) is 4.79 Å². The average Bonchev–Trinajstić information content (AvgIpc) is 3.40. The predicted molar refractivity (Wildman–Crippen MR) is 126 cm³/mol. The van der Waals surface area contributed by atoms with Crippen molar-refractivity contribution in [2.45, 2.75) is 18.6 Å². The lowest BCUT2D eigenvalue weighted by Crippen LogP contribution is -2.72. The van der Waals surface area contributed by atoms with Crippen molar-refractivity contribution in [1.82, 2.24) is 15.0 Å². The molecule has 0 atom stereocenters. The Morgan fingerprint density at radius 1 is 1.19 bits per heavy atom. The van der Waals surface area contributed by atoms with Gasteiger partial charge in [-0.25, -0.2) is 9.98 Å². The molecule has 1 aromatic carbocycles. The number of rotatable bonds is 10. The first-order valence-corrected chi connectivity index (χ1v) is 12.0. The third-order valence-electron chi connectivity index (χ3n) is 4.49. The minimum absolute atomic E-state index is 0.127. The van der Waals surface area contributed by atoms with Crippen LogP contribution in [0.4, 0.5) is 11.1 Å². The summed E-state index contributed by atoms with van der Waals surface area (Å²) in [5.41, 5.74) is 13.5. The Balaban J connectivity index is 1.23. The Kier molecular flexibility index (Phi) is 7.12. The molecule has 7 N–H and O–H groups in total. The maximum atomic E-state index is 12.0. The van der Waals surface area contributed by atoms with E-state index >= 15 is 0 Å². The summed E-state index contributed by atoms with van der Waals surface area (Å²) in [6.45, 7) is 0.921. The summed E-state index contributed by atoms with van der Waals surface area (Å²) in [6, 6.07) is 7.41. The molecule has 0 saturated carbocycles. The van der Waals surface area contributed by atoms with Crippen LogP contribution in [0.5, 0.6) is 11.5 Å². The molecule has 3 aromatic rings. The van der Waals surface area contributed by atoms with E-state index in [1.165, 1.54) is 17.4 Å². The quantitative estimate of drug-likeness (QED) is 0.156. The number of nitrogens with one attached hydrogen (secondary N) is 3. The number of thiazole rings is 1. The van der Waals surface area contributed by atoms with Crippen LogP contribution in [-0.2, 0) is 18.6 Å². The fourth-order valence-corrected chi connectivity index (χ4v) is 4.64. The van der Waals surface area contributed by atoms with Crippen molar-refractivity contribution in [2.75, 3.05) is 24.4 Å². The maximum Gasteiger partial charge on any atom is 0.303 e. The second-order valence-electron chi connectivity index (χ2n) is 6.98. The van der Waals surface area contributed by atoms with E-state index < -0.39 is 0 Å². The van der Waals surface area contributed by atoms with Gasteiger partial charge < -0.3 is 26.3 Å². The summed E-state index contributed by atoms with van der Waals surface area (Å²) in [7, 11) is 0. The summed E-state index contributed by atoms with van der Waals surface area (Å²) in [5, 5.41) is 5.83. The van der Waals surface area contributed by atoms with Crippen LogP contribution in [0.15, 0.2) is 34.4 Å². The van der Waals surface area contributed by atoms with Crippen molar-refractivity contribution < 1.29 is 14.5 Å². The molecule has 0 unspecified atom stereocenters. The van der Waals surface area contributed by atoms with Gasteiger partial charge in [0, 0.05) is 29.5 Å². The molecule has 0 amide bonds. The van der Waals surface area contributed by atoms with Crippen molar-refractivity contribution in [3.8, 4) is 11.5 Å². The first-order valence-electron chi connectivity index (χ1n) is 9.95. The van der Waals surface area contributed by atoms with Gasteiger partial charge in [0.15, 0.2) is 11.5 Å². The van der Waals surface area contributed by atoms with Gasteiger partial charge in [0.2, 0.25) is 12.7 Å². The number of hydrogen-bond donors (Lipinski definition) is 5. The lowest BCUT2D eigenvalue weighted by atomic mass is 10.1. The number of ether oxygens (including phenoxy) is 2. The molecule has 12 heteroatoms. The number of thioether (sulfide) groups is 1. The van der Waals surface area contributed by atoms with Gasteiger partial charge in [-0.2, -0.15) is 11.8 Å². The number of benzene rings is 1. The van der Waals surface area contributed by atoms with E-state index in [1.807, 2.05) is 23.6 Å². The molecular formula is C20H24N7O3S2+. The number of H-pyrrole nitrogens is 1. The molecule has 0 saturated heterocycles. The van der Waals surface area contributed by atoms with E-state index in [0.29, 0.717) is 24.0 Å². The molecule has 4 rings (SSSR count). The van der Waals surface area contributed by atoms with E-state index in [1.54, 1.807) is 11.8 Å². The number of aromatic amines is 1. The van der Waals surface area contributed by atoms with Crippen LogP contribution in [0.1, 0.15) is 17.0 Å². The number of nitrogens with two attached hydrogens (primary N) is 2. The first kappa shape index (κ1) is 22.0. The third-order valence-corrected chi connectivity index (χ3v) is 6.29. The van der Waals surface area contributed by atoms with E-state index in [0.717, 1.165) is 46.4 Å². The fraction of sp³-hybridized carbons (Fsp3) is 0.300. The molecule has 0 fully saturated rings. The van der Waals surface area contributed by atoms with Crippen LogP contribution in [0.25, 0.3) is 0 Å². The molecule has 32 heavy (non-hydrogen) atoms. The van der Waals surface area contributed by atoms with Gasteiger partial charge in [-0.1, -0.05) is 17.4 Å². The lowest BCUT2D eigenvalue weighted by molar-refractivity contribution is -0.355. The number of nitrogens with zero attached hydrogens (tertiary/aromatic N) is 2. The highest BCUT2D eigenvalue weighted by molar-refractivity contribution is 7.98. The zero-order valence-electron chi connectivity index (χ0n) is 17.2. The molecule has 0 aliphatic carbocycles. The third kappa shape index (κ3) is 6.14. The van der Waals surface area contributed by atoms with Crippen LogP contribution < -0.4 is 36.8 Å². The van der Waals surface area contributed by atoms with Crippen LogP contribution in [0.3, 0.4) is 0 Å². The molecule has 2 aromatic heterocycles. The molecule has 168 valence electrons. The Labute approximate surface area is 192 Å². The maximum absolute atomic E-state index is 12.0. The number of aromatic nitrogens is 3. The van der Waals surface area contributed by atoms with Crippen molar-refractivity contribution in [3.05, 3.63) is 57.0 Å². The molecular weight excluding hydrogens is 450 g/mol. The Morgan fingerprint density at radius 2 is 2.06 bits per heavy atom. The zero-order chi connectivity index (χ0) is 22.3. The monoisotopic (exact) mass is 474 g/mol. The van der Waals surface area contributed by atoms with Crippen molar-refractivity contribution in [1.29, 1.82) is 0 Å². The number of anilines is 1. The molecule has 10 nitrogen and oxygen atoms in total. The standard InChI is InChI=1S/C20H23N7O3S2/c21-18(22)27-20-25-14(10-32-20)9-31-6-5-23-19-24-13(8-17(28)26-19)3-1-12-2-4-15-16(7-12)30-11-29-15/h2,4,7-8,10H,1,3,5-6,9,11H2,(H4,21,22,25,27)(H2,23,24,26,28)/p+1. The minimum atomic E-state index is -0.172. The Bertz CT molecular complexity index is 1160. The summed E-state index contributed by atoms with van der Waals surface area (Å²) < 4.78 is 10.8. The van der Waals surface area contributed by atoms with E-state index in [4.69, 9.17) is 20.9 Å². The van der Waals surface area contributed by atoms with Crippen molar-refractivity contribution in [3.63, 3.8) is 0 Å². The van der Waals surface area contributed by atoms with Gasteiger partial charge in [-0.05, 0) is 30.5 Å². The highest BCUT2D eigenvalue weighted by Crippen LogP contribution is 2.32. The Hall–Kier alpha value is -3.25. The zero-order valence-corrected chi connectivity index (χ0v) is 18.9. The smallest absolute Gasteiger partial charge is 0.303 e. The van der Waals surface area contributed by atoms with Crippen molar-refractivity contribution in [2.24, 2.45) is 11.5 Å². The second kappa shape index (κ2) is 10.4. The number of guanidine groups is 1. The van der Waals surface area contributed by atoms with E-state index in [-0.39, 0.29) is 18.3 Å². The SMILES string of the molecule is NC(N)=[NH+]c1nc(CSCCNc2nc(CCc3ccc4c(c3)OCO4)cc(=O)[nH]2)cs1. The number of fused-ring (bicyclic) bond motifs is 1. The summed E-state index contributed by atoms with van der Waals surface area (Å²) >= 11 is 3.18. The average molecular weight is 475 g/mol. The topological polar surface area (TPSA) is 155 Å². The Morgan fingerprint density at radius 3 is 2.94 bits per heavy atom. The molecule has 0 spiro atoms. The van der Waals surface area contributed by atoms with Gasteiger partial charge >= 0.3 is 5.96 Å². The molecule has 0 radical (unpaired) electrons. The van der Waals surface area contributed by atoms with Crippen molar-refractivity contribution >= 4 is 40.1 Å². The summed E-state index contributed by atoms with van der Waals surface area (Å²) in [6.07, 6.45) is 1.40. The summed E-state index contributed by atoms with van der Waals surface area (Å²) in [4.78, 5) is 26.5. The van der Waals surface area contributed by atoms with Gasteiger partial charge in [-0.3, -0.25) is 9.78 Å². The van der Waals surface area contributed by atoms with Crippen LogP contribution in [-0.4, -0.2) is 40.0 Å². The normalized spacial score (nSPS) is 12.0. The van der Waals surface area contributed by atoms with E-state index in [2.05, 4.69) is 25.3 Å². The minimum Gasteiger partial charge on any atom is -0.454 e. The van der Waals surface area contributed by atoms with Gasteiger partial charge in [-0.15, -0.1) is 4.98 Å². The van der Waals surface area contributed by atoms with Gasteiger partial charge in [0.05, 0.1) is 5.69 Å². The number of hydrogen-bond acceptors (Lipinski definition) is 8. The first-order chi connectivity index (χ1) is 15.5. The molecule has 3 heterocycles. The highest BCUT2D eigenvalue weighted by Gasteiger charge is 2.13. The van der Waals surface area contributed by atoms with Crippen LogP contribution in [0.2, 0.25) is 0 Å². The highest BCUT2D eigenvalue weighted by atomic mass is 32.2. The van der Waals surface area contributed by atoms with Crippen LogP contribution in [0, 0.1) is 0 Å². The molecule has 1 aliphatic heterocycles. The van der Waals surface area contributed by atoms with Gasteiger partial charge in [0.1, 0.15) is 5.69 Å². The summed E-state index contributed by atoms with van der Waals surface area (Å²) in [5.74, 6) is 3.72. The largest absolute Gasteiger partial charge is 0.454 e. The fourth-order valence-electron chi connectivity index (χ4n) is 3.06. The predicted octanol–water partition coefficient (Wildman–Crippen LogP) is 0.0711. The second-order valence-corrected chi connectivity index (χ2v) is 8.94. The van der Waals surface area contributed by atoms with Gasteiger partial charge in [0.25, 0.3) is 10.7 Å². The van der Waals surface area contributed by atoms with Crippen LogP contribution >= 0.6 is 23.1 Å². The molecule has 1 aliphatic rings.